The molecule has 1 fully saturated rings. The normalized spacial score (nSPS) is 19.2. The smallest absolute Gasteiger partial charge is 0.143 e. The summed E-state index contributed by atoms with van der Waals surface area (Å²) in [4.78, 5) is 11.1. The van der Waals surface area contributed by atoms with Gasteiger partial charge in [0.1, 0.15) is 5.82 Å². The van der Waals surface area contributed by atoms with E-state index in [9.17, 15) is 0 Å². The predicted octanol–water partition coefficient (Wildman–Crippen LogP) is 3.58. The van der Waals surface area contributed by atoms with Crippen molar-refractivity contribution in [3.05, 3.63) is 52.9 Å². The van der Waals surface area contributed by atoms with Gasteiger partial charge in [0.15, 0.2) is 0 Å². The molecule has 0 N–H and O–H groups in total. The van der Waals surface area contributed by atoms with Crippen molar-refractivity contribution in [1.82, 2.24) is 9.97 Å². The summed E-state index contributed by atoms with van der Waals surface area (Å²) in [6, 6.07) is 8.53. The van der Waals surface area contributed by atoms with Crippen LogP contribution < -0.4 is 4.90 Å². The van der Waals surface area contributed by atoms with E-state index in [0.717, 1.165) is 23.3 Å². The van der Waals surface area contributed by atoms with Crippen LogP contribution in [-0.4, -0.2) is 16.5 Å². The third kappa shape index (κ3) is 2.12. The van der Waals surface area contributed by atoms with Gasteiger partial charge < -0.3 is 4.90 Å². The maximum absolute atomic E-state index is 4.49. The minimum Gasteiger partial charge on any atom is -0.349 e. The molecule has 3 nitrogen and oxygen atoms in total. The molecule has 0 amide bonds. The Morgan fingerprint density at radius 1 is 1.22 bits per heavy atom. The second-order valence-corrected chi connectivity index (χ2v) is 5.30. The van der Waals surface area contributed by atoms with Gasteiger partial charge in [-0.05, 0) is 52.5 Å². The summed E-state index contributed by atoms with van der Waals surface area (Å²) in [5, 5.41) is 0. The summed E-state index contributed by atoms with van der Waals surface area (Å²) in [7, 11) is 0. The van der Waals surface area contributed by atoms with E-state index in [4.69, 9.17) is 0 Å². The highest BCUT2D eigenvalue weighted by Crippen LogP contribution is 2.37. The second kappa shape index (κ2) is 5.06. The molecule has 0 aromatic carbocycles. The lowest BCUT2D eigenvalue weighted by Crippen LogP contribution is -2.23. The molecule has 18 heavy (non-hydrogen) atoms. The van der Waals surface area contributed by atoms with Crippen LogP contribution in [0.4, 0.5) is 5.82 Å². The molecule has 0 radical (unpaired) electrons. The maximum atomic E-state index is 4.49. The summed E-state index contributed by atoms with van der Waals surface area (Å²) in [5.41, 5.74) is 1.27. The molecule has 0 saturated carbocycles. The Morgan fingerprint density at radius 3 is 2.89 bits per heavy atom. The van der Waals surface area contributed by atoms with Crippen LogP contribution >= 0.6 is 15.9 Å². The van der Waals surface area contributed by atoms with Crippen LogP contribution in [0.15, 0.2) is 47.3 Å². The Kier molecular flexibility index (Phi) is 3.28. The van der Waals surface area contributed by atoms with Crippen molar-refractivity contribution >= 4 is 21.7 Å². The highest BCUT2D eigenvalue weighted by molar-refractivity contribution is 9.10. The van der Waals surface area contributed by atoms with Gasteiger partial charge in [0.05, 0.1) is 10.5 Å². The van der Waals surface area contributed by atoms with Crippen LogP contribution in [0.3, 0.4) is 0 Å². The monoisotopic (exact) mass is 303 g/mol. The molecule has 92 valence electrons. The van der Waals surface area contributed by atoms with Gasteiger partial charge >= 0.3 is 0 Å². The Hall–Kier alpha value is -1.42. The lowest BCUT2D eigenvalue weighted by molar-refractivity contribution is 0.707. The van der Waals surface area contributed by atoms with E-state index in [-0.39, 0.29) is 0 Å². The number of halogens is 1. The van der Waals surface area contributed by atoms with E-state index < -0.39 is 0 Å². The van der Waals surface area contributed by atoms with E-state index >= 15 is 0 Å². The Morgan fingerprint density at radius 2 is 2.11 bits per heavy atom. The molecule has 0 spiro atoms. The first kappa shape index (κ1) is 11.7. The van der Waals surface area contributed by atoms with Crippen molar-refractivity contribution in [3.8, 4) is 0 Å². The summed E-state index contributed by atoms with van der Waals surface area (Å²) in [6.07, 6.45) is 7.98. The van der Waals surface area contributed by atoms with E-state index in [2.05, 4.69) is 36.9 Å². The maximum Gasteiger partial charge on any atom is 0.143 e. The molecule has 2 aromatic heterocycles. The van der Waals surface area contributed by atoms with Crippen LogP contribution in [-0.2, 0) is 0 Å². The van der Waals surface area contributed by atoms with Crippen LogP contribution in [0.5, 0.6) is 0 Å². The molecule has 1 atom stereocenters. The van der Waals surface area contributed by atoms with Crippen molar-refractivity contribution in [1.29, 1.82) is 0 Å². The van der Waals surface area contributed by atoms with Crippen molar-refractivity contribution in [2.45, 2.75) is 18.9 Å². The summed E-state index contributed by atoms with van der Waals surface area (Å²) >= 11 is 3.59. The highest BCUT2D eigenvalue weighted by Gasteiger charge is 2.28. The topological polar surface area (TPSA) is 29.0 Å². The zero-order chi connectivity index (χ0) is 12.4. The van der Waals surface area contributed by atoms with E-state index in [1.54, 1.807) is 0 Å². The molecule has 0 bridgehead atoms. The zero-order valence-corrected chi connectivity index (χ0v) is 11.5. The molecule has 1 aliphatic heterocycles. The molecule has 3 rings (SSSR count). The SMILES string of the molecule is Brc1cccnc1N1CCCC1c1cccnc1. The van der Waals surface area contributed by atoms with Gasteiger partial charge in [0.25, 0.3) is 0 Å². The van der Waals surface area contributed by atoms with Gasteiger partial charge in [0.2, 0.25) is 0 Å². The molecular formula is C14H14BrN3. The third-order valence-corrected chi connectivity index (χ3v) is 3.95. The van der Waals surface area contributed by atoms with Gasteiger partial charge in [-0.3, -0.25) is 4.98 Å². The summed E-state index contributed by atoms with van der Waals surface area (Å²) in [5.74, 6) is 1.03. The summed E-state index contributed by atoms with van der Waals surface area (Å²) in [6.45, 7) is 1.05. The van der Waals surface area contributed by atoms with Gasteiger partial charge in [-0.1, -0.05) is 6.07 Å². The summed E-state index contributed by atoms with van der Waals surface area (Å²) < 4.78 is 1.06. The standard InChI is InChI=1S/C14H14BrN3/c15-12-5-2-8-17-14(12)18-9-3-6-13(18)11-4-1-7-16-10-11/h1-2,4-5,7-8,10,13H,3,6,9H2. The second-order valence-electron chi connectivity index (χ2n) is 4.45. The Labute approximate surface area is 115 Å². The minimum absolute atomic E-state index is 0.393. The third-order valence-electron chi connectivity index (χ3n) is 3.33. The Bertz CT molecular complexity index is 530. The number of hydrogen-bond acceptors (Lipinski definition) is 3. The average molecular weight is 304 g/mol. The number of pyridine rings is 2. The van der Waals surface area contributed by atoms with Crippen molar-refractivity contribution < 1.29 is 0 Å². The van der Waals surface area contributed by atoms with Gasteiger partial charge in [-0.25, -0.2) is 4.98 Å². The first-order valence-corrected chi connectivity index (χ1v) is 6.92. The van der Waals surface area contributed by atoms with Gasteiger partial charge in [0, 0.05) is 25.1 Å². The van der Waals surface area contributed by atoms with Gasteiger partial charge in [-0.15, -0.1) is 0 Å². The fourth-order valence-electron chi connectivity index (χ4n) is 2.53. The van der Waals surface area contributed by atoms with Crippen LogP contribution in [0.1, 0.15) is 24.4 Å². The van der Waals surface area contributed by atoms with Crippen molar-refractivity contribution in [2.24, 2.45) is 0 Å². The Balaban J connectivity index is 1.95. The first-order chi connectivity index (χ1) is 8.86. The molecule has 2 aromatic rings. The first-order valence-electron chi connectivity index (χ1n) is 6.13. The minimum atomic E-state index is 0.393. The molecule has 1 aliphatic rings. The van der Waals surface area contributed by atoms with E-state index in [0.29, 0.717) is 6.04 Å². The predicted molar refractivity (Wildman–Crippen MR) is 75.5 cm³/mol. The molecule has 3 heterocycles. The largest absolute Gasteiger partial charge is 0.349 e. The lowest BCUT2D eigenvalue weighted by atomic mass is 10.1. The number of hydrogen-bond donors (Lipinski definition) is 0. The number of anilines is 1. The molecule has 1 unspecified atom stereocenters. The van der Waals surface area contributed by atoms with E-state index in [1.807, 2.05) is 36.8 Å². The molecule has 1 saturated heterocycles. The number of nitrogens with zero attached hydrogens (tertiary/aromatic N) is 3. The van der Waals surface area contributed by atoms with Crippen molar-refractivity contribution in [3.63, 3.8) is 0 Å². The van der Waals surface area contributed by atoms with Crippen LogP contribution in [0, 0.1) is 0 Å². The molecular weight excluding hydrogens is 290 g/mol. The van der Waals surface area contributed by atoms with Gasteiger partial charge in [-0.2, -0.15) is 0 Å². The van der Waals surface area contributed by atoms with E-state index in [1.165, 1.54) is 12.0 Å². The van der Waals surface area contributed by atoms with Crippen LogP contribution in [0.2, 0.25) is 0 Å². The zero-order valence-electron chi connectivity index (χ0n) is 9.96. The molecule has 4 heteroatoms. The number of aromatic nitrogens is 2. The lowest BCUT2D eigenvalue weighted by Gasteiger charge is -2.26. The van der Waals surface area contributed by atoms with Crippen LogP contribution in [0.25, 0.3) is 0 Å². The fourth-order valence-corrected chi connectivity index (χ4v) is 3.01. The highest BCUT2D eigenvalue weighted by atomic mass is 79.9. The number of rotatable bonds is 2. The average Bonchev–Trinajstić information content (AvgIpc) is 2.89. The fraction of sp³-hybridized carbons (Fsp3) is 0.286. The van der Waals surface area contributed by atoms with Crippen molar-refractivity contribution in [2.75, 3.05) is 11.4 Å². The molecule has 0 aliphatic carbocycles. The quantitative estimate of drug-likeness (QED) is 0.849.